The highest BCUT2D eigenvalue weighted by Crippen LogP contribution is 2.58. The maximum absolute atomic E-state index is 11.9. The van der Waals surface area contributed by atoms with Gasteiger partial charge in [-0.2, -0.15) is 4.98 Å². The number of nitrogens with one attached hydrogen (secondary N) is 1. The summed E-state index contributed by atoms with van der Waals surface area (Å²) >= 11 is 0. The van der Waals surface area contributed by atoms with Crippen LogP contribution in [0, 0.1) is 10.8 Å². The van der Waals surface area contributed by atoms with Crippen LogP contribution in [0.15, 0.2) is 12.4 Å². The molecule has 1 aliphatic carbocycles. The SMILES string of the molecule is CC(=O)NC1C(C)(C)C(N2CCc3c(-c4cnc(N)nc4)nc(N4CCOCC4)nc32)C1(C)C. The molecule has 2 aromatic rings. The van der Waals surface area contributed by atoms with Crippen molar-refractivity contribution in [3.05, 3.63) is 18.0 Å². The quantitative estimate of drug-likeness (QED) is 0.692. The molecule has 4 heterocycles. The Balaban J connectivity index is 1.59. The molecular formula is C24H34N8O2. The number of nitrogens with two attached hydrogens (primary N) is 1. The maximum atomic E-state index is 11.9. The molecule has 10 nitrogen and oxygen atoms in total. The maximum Gasteiger partial charge on any atom is 0.228 e. The molecule has 0 bridgehead atoms. The number of hydrogen-bond donors (Lipinski definition) is 2. The van der Waals surface area contributed by atoms with Crippen LogP contribution in [0.4, 0.5) is 17.7 Å². The average Bonchev–Trinajstić information content (AvgIpc) is 3.20. The third-order valence-electron chi connectivity index (χ3n) is 7.64. The van der Waals surface area contributed by atoms with Gasteiger partial charge in [0.05, 0.1) is 18.9 Å². The summed E-state index contributed by atoms with van der Waals surface area (Å²) in [5.41, 5.74) is 8.32. The summed E-state index contributed by atoms with van der Waals surface area (Å²) in [6.07, 6.45) is 4.31. The van der Waals surface area contributed by atoms with E-state index in [9.17, 15) is 4.79 Å². The molecule has 3 aliphatic rings. The van der Waals surface area contributed by atoms with Gasteiger partial charge in [-0.3, -0.25) is 4.79 Å². The van der Waals surface area contributed by atoms with Gasteiger partial charge in [-0.1, -0.05) is 27.7 Å². The first-order chi connectivity index (χ1) is 16.1. The van der Waals surface area contributed by atoms with Gasteiger partial charge < -0.3 is 25.6 Å². The zero-order chi connectivity index (χ0) is 24.3. The van der Waals surface area contributed by atoms with E-state index >= 15 is 0 Å². The molecule has 182 valence electrons. The third kappa shape index (κ3) is 3.55. The summed E-state index contributed by atoms with van der Waals surface area (Å²) in [5, 5.41) is 3.19. The summed E-state index contributed by atoms with van der Waals surface area (Å²) in [7, 11) is 0. The summed E-state index contributed by atoms with van der Waals surface area (Å²) in [4.78, 5) is 35.0. The van der Waals surface area contributed by atoms with Gasteiger partial charge in [0.25, 0.3) is 0 Å². The second-order valence-corrected chi connectivity index (χ2v) is 10.7. The first-order valence-corrected chi connectivity index (χ1v) is 12.0. The number of nitrogen functional groups attached to an aromatic ring is 1. The second-order valence-electron chi connectivity index (χ2n) is 10.7. The number of aromatic nitrogens is 4. The van der Waals surface area contributed by atoms with Crippen LogP contribution in [0.1, 0.15) is 40.2 Å². The lowest BCUT2D eigenvalue weighted by atomic mass is 9.47. The molecular weight excluding hydrogens is 432 g/mol. The molecule has 1 saturated carbocycles. The van der Waals surface area contributed by atoms with E-state index in [4.69, 9.17) is 20.4 Å². The summed E-state index contributed by atoms with van der Waals surface area (Å²) in [6.45, 7) is 14.2. The van der Waals surface area contributed by atoms with Crippen molar-refractivity contribution in [3.8, 4) is 11.3 Å². The molecule has 5 rings (SSSR count). The Labute approximate surface area is 200 Å². The van der Waals surface area contributed by atoms with Crippen LogP contribution in [-0.2, 0) is 16.0 Å². The highest BCUT2D eigenvalue weighted by Gasteiger charge is 2.64. The first kappa shape index (κ1) is 22.8. The summed E-state index contributed by atoms with van der Waals surface area (Å²) in [5.74, 6) is 1.92. The number of morpholine rings is 1. The largest absolute Gasteiger partial charge is 0.378 e. The van der Waals surface area contributed by atoms with E-state index in [-0.39, 0.29) is 34.8 Å². The molecule has 2 aliphatic heterocycles. The van der Waals surface area contributed by atoms with Crippen LogP contribution >= 0.6 is 0 Å². The van der Waals surface area contributed by atoms with E-state index in [2.05, 4.69) is 52.8 Å². The number of hydrogen-bond acceptors (Lipinski definition) is 9. The van der Waals surface area contributed by atoms with Crippen molar-refractivity contribution in [1.82, 2.24) is 25.3 Å². The number of rotatable bonds is 4. The van der Waals surface area contributed by atoms with Crippen molar-refractivity contribution in [3.63, 3.8) is 0 Å². The first-order valence-electron chi connectivity index (χ1n) is 12.0. The average molecular weight is 467 g/mol. The van der Waals surface area contributed by atoms with Gasteiger partial charge in [0.2, 0.25) is 17.8 Å². The fourth-order valence-electron chi connectivity index (χ4n) is 6.64. The molecule has 3 N–H and O–H groups in total. The second kappa shape index (κ2) is 8.04. The number of nitrogens with zero attached hydrogens (tertiary/aromatic N) is 6. The number of carbonyl (C=O) groups is 1. The Morgan fingerprint density at radius 1 is 1.09 bits per heavy atom. The topological polar surface area (TPSA) is 122 Å². The van der Waals surface area contributed by atoms with Crippen LogP contribution in [-0.4, -0.2) is 70.8 Å². The zero-order valence-electron chi connectivity index (χ0n) is 20.6. The summed E-state index contributed by atoms with van der Waals surface area (Å²) in [6, 6.07) is 0.290. The van der Waals surface area contributed by atoms with Gasteiger partial charge in [0, 0.05) is 73.0 Å². The Morgan fingerprint density at radius 3 is 2.35 bits per heavy atom. The Morgan fingerprint density at radius 2 is 1.74 bits per heavy atom. The van der Waals surface area contributed by atoms with Crippen molar-refractivity contribution in [2.24, 2.45) is 10.8 Å². The summed E-state index contributed by atoms with van der Waals surface area (Å²) < 4.78 is 5.55. The van der Waals surface area contributed by atoms with Crippen molar-refractivity contribution in [2.75, 3.05) is 48.4 Å². The van der Waals surface area contributed by atoms with Gasteiger partial charge in [0.15, 0.2) is 0 Å². The fourth-order valence-corrected chi connectivity index (χ4v) is 6.64. The minimum atomic E-state index is -0.120. The Kier molecular flexibility index (Phi) is 5.38. The smallest absolute Gasteiger partial charge is 0.228 e. The fraction of sp³-hybridized carbons (Fsp3) is 0.625. The van der Waals surface area contributed by atoms with Crippen LogP contribution in [0.25, 0.3) is 11.3 Å². The molecule has 0 spiro atoms. The highest BCUT2D eigenvalue weighted by molar-refractivity contribution is 5.75. The van der Waals surface area contributed by atoms with Crippen LogP contribution < -0.4 is 20.9 Å². The van der Waals surface area contributed by atoms with Crippen molar-refractivity contribution < 1.29 is 9.53 Å². The number of amides is 1. The number of anilines is 3. The van der Waals surface area contributed by atoms with Crippen molar-refractivity contribution in [1.29, 1.82) is 0 Å². The Bertz CT molecular complexity index is 1080. The van der Waals surface area contributed by atoms with Crippen LogP contribution in [0.3, 0.4) is 0 Å². The van der Waals surface area contributed by atoms with Crippen LogP contribution in [0.2, 0.25) is 0 Å². The lowest BCUT2D eigenvalue weighted by Gasteiger charge is -2.66. The standard InChI is InChI=1S/C24H34N8O2/c1-14(33)28-19-23(2,3)20(24(19,4)5)32-7-6-16-17(15-12-26-21(25)27-13-15)29-22(30-18(16)32)31-8-10-34-11-9-31/h12-13,19-20H,6-11H2,1-5H3,(H,28,33)(H2,25,26,27). The molecule has 0 unspecified atom stereocenters. The number of carbonyl (C=O) groups excluding carboxylic acids is 1. The monoisotopic (exact) mass is 466 g/mol. The molecule has 1 amide bonds. The molecule has 1 saturated heterocycles. The number of ether oxygens (including phenoxy) is 1. The van der Waals surface area contributed by atoms with E-state index in [0.717, 1.165) is 48.7 Å². The van der Waals surface area contributed by atoms with Gasteiger partial charge in [-0.25, -0.2) is 15.0 Å². The molecule has 34 heavy (non-hydrogen) atoms. The number of fused-ring (bicyclic) bond motifs is 1. The van der Waals surface area contributed by atoms with Crippen LogP contribution in [0.5, 0.6) is 0 Å². The van der Waals surface area contributed by atoms with Gasteiger partial charge >= 0.3 is 0 Å². The molecule has 2 fully saturated rings. The van der Waals surface area contributed by atoms with Crippen molar-refractivity contribution in [2.45, 2.75) is 53.1 Å². The predicted octanol–water partition coefficient (Wildman–Crippen LogP) is 1.65. The molecule has 0 radical (unpaired) electrons. The minimum absolute atomic E-state index is 0.00832. The van der Waals surface area contributed by atoms with E-state index in [0.29, 0.717) is 19.2 Å². The van der Waals surface area contributed by atoms with Crippen molar-refractivity contribution >= 4 is 23.6 Å². The van der Waals surface area contributed by atoms with Gasteiger partial charge in [0.1, 0.15) is 5.82 Å². The molecule has 0 aromatic carbocycles. The van der Waals surface area contributed by atoms with Gasteiger partial charge in [-0.15, -0.1) is 0 Å². The molecule has 10 heteroatoms. The zero-order valence-corrected chi connectivity index (χ0v) is 20.6. The van der Waals surface area contributed by atoms with E-state index in [1.54, 1.807) is 19.3 Å². The lowest BCUT2D eigenvalue weighted by molar-refractivity contribution is -0.130. The highest BCUT2D eigenvalue weighted by atomic mass is 16.5. The van der Waals surface area contributed by atoms with E-state index < -0.39 is 0 Å². The minimum Gasteiger partial charge on any atom is -0.378 e. The van der Waals surface area contributed by atoms with Gasteiger partial charge in [-0.05, 0) is 6.42 Å². The normalized spacial score (nSPS) is 25.0. The van der Waals surface area contributed by atoms with E-state index in [1.807, 2.05) is 0 Å². The molecule has 0 atom stereocenters. The third-order valence-corrected chi connectivity index (χ3v) is 7.64. The van der Waals surface area contributed by atoms with E-state index in [1.165, 1.54) is 0 Å². The molecule has 2 aromatic heterocycles. The Hall–Kier alpha value is -3.01. The predicted molar refractivity (Wildman–Crippen MR) is 131 cm³/mol. The lowest BCUT2D eigenvalue weighted by Crippen LogP contribution is -2.77.